The summed E-state index contributed by atoms with van der Waals surface area (Å²) in [5.41, 5.74) is 16.8. The number of amides is 3. The molecule has 198 valence electrons. The Morgan fingerprint density at radius 2 is 1.29 bits per heavy atom. The third-order valence-corrected chi connectivity index (χ3v) is 5.27. The number of carboxylic acids is 1. The lowest BCUT2D eigenvalue weighted by Gasteiger charge is -2.26. The molecular formula is C22H44N6O6. The van der Waals surface area contributed by atoms with Crippen molar-refractivity contribution in [2.75, 3.05) is 13.1 Å². The van der Waals surface area contributed by atoms with E-state index < -0.39 is 54.0 Å². The van der Waals surface area contributed by atoms with Gasteiger partial charge < -0.3 is 43.4 Å². The predicted molar refractivity (Wildman–Crippen MR) is 128 cm³/mol. The zero-order valence-corrected chi connectivity index (χ0v) is 20.6. The second-order valence-corrected chi connectivity index (χ2v) is 8.99. The molecule has 0 aromatic rings. The molecule has 0 saturated heterocycles. The third kappa shape index (κ3) is 12.8. The maximum absolute atomic E-state index is 12.9. The Morgan fingerprint density at radius 3 is 1.76 bits per heavy atom. The standard InChI is InChI=1S/C22H44N6O6/c1-13(2)12-17(22(33)34)27-20(31)16(9-5-7-11-24)26-21(32)18(14(3)29)28-19(30)15(25)8-4-6-10-23/h13-18,29H,4-12,23-25H2,1-3H3,(H,26,32)(H,27,31)(H,28,30)(H,33,34)/t14-,15+,16+,17+,18+/m1/s1. The molecule has 0 aliphatic rings. The summed E-state index contributed by atoms with van der Waals surface area (Å²) in [6.45, 7) is 5.86. The SMILES string of the molecule is CC(C)C[C@H](NC(=O)[C@H](CCCCN)NC(=O)[C@@H](NC(=O)[C@@H](N)CCCCN)[C@@H](C)O)C(=O)O. The number of aliphatic hydroxyl groups excluding tert-OH is 1. The van der Waals surface area contributed by atoms with E-state index in [9.17, 15) is 29.4 Å². The number of carboxylic acid groups (broad SMARTS) is 1. The van der Waals surface area contributed by atoms with Crippen LogP contribution in [-0.2, 0) is 19.2 Å². The quantitative estimate of drug-likeness (QED) is 0.105. The van der Waals surface area contributed by atoms with Crippen molar-refractivity contribution in [1.29, 1.82) is 0 Å². The van der Waals surface area contributed by atoms with Crippen molar-refractivity contribution in [2.24, 2.45) is 23.1 Å². The minimum Gasteiger partial charge on any atom is -0.480 e. The van der Waals surface area contributed by atoms with Gasteiger partial charge in [-0.2, -0.15) is 0 Å². The third-order valence-electron chi connectivity index (χ3n) is 5.27. The van der Waals surface area contributed by atoms with Gasteiger partial charge in [0.1, 0.15) is 18.1 Å². The summed E-state index contributed by atoms with van der Waals surface area (Å²) in [6, 6.07) is -4.40. The first-order valence-electron chi connectivity index (χ1n) is 11.9. The lowest BCUT2D eigenvalue weighted by Crippen LogP contribution is -2.59. The zero-order chi connectivity index (χ0) is 26.3. The van der Waals surface area contributed by atoms with Crippen LogP contribution in [0.4, 0.5) is 0 Å². The first kappa shape index (κ1) is 31.7. The minimum absolute atomic E-state index is 0.0237. The van der Waals surface area contributed by atoms with E-state index >= 15 is 0 Å². The lowest BCUT2D eigenvalue weighted by atomic mass is 10.0. The summed E-state index contributed by atoms with van der Waals surface area (Å²) < 4.78 is 0. The molecule has 5 atom stereocenters. The summed E-state index contributed by atoms with van der Waals surface area (Å²) >= 11 is 0. The van der Waals surface area contributed by atoms with Gasteiger partial charge in [0.05, 0.1) is 12.1 Å². The second kappa shape index (κ2) is 17.2. The number of nitrogens with one attached hydrogen (secondary N) is 3. The number of carbonyl (C=O) groups excluding carboxylic acids is 3. The highest BCUT2D eigenvalue weighted by atomic mass is 16.4. The predicted octanol–water partition coefficient (Wildman–Crippen LogP) is -1.46. The molecule has 0 spiro atoms. The summed E-state index contributed by atoms with van der Waals surface area (Å²) in [4.78, 5) is 49.7. The lowest BCUT2D eigenvalue weighted by molar-refractivity contribution is -0.143. The molecule has 0 rings (SSSR count). The van der Waals surface area contributed by atoms with E-state index in [0.29, 0.717) is 45.2 Å². The molecule has 0 aliphatic heterocycles. The Hall–Kier alpha value is -2.28. The maximum Gasteiger partial charge on any atom is 0.326 e. The summed E-state index contributed by atoms with van der Waals surface area (Å²) in [6.07, 6.45) is 1.99. The number of rotatable bonds is 18. The summed E-state index contributed by atoms with van der Waals surface area (Å²) in [7, 11) is 0. The molecule has 12 heteroatoms. The molecule has 34 heavy (non-hydrogen) atoms. The topological polar surface area (TPSA) is 223 Å². The van der Waals surface area contributed by atoms with E-state index in [1.807, 2.05) is 13.8 Å². The van der Waals surface area contributed by atoms with E-state index in [-0.39, 0.29) is 18.8 Å². The molecule has 11 N–H and O–H groups in total. The van der Waals surface area contributed by atoms with Crippen LogP contribution in [-0.4, -0.2) is 77.3 Å². The maximum atomic E-state index is 12.9. The zero-order valence-electron chi connectivity index (χ0n) is 20.6. The number of aliphatic carboxylic acids is 1. The largest absolute Gasteiger partial charge is 0.480 e. The summed E-state index contributed by atoms with van der Waals surface area (Å²) in [5.74, 6) is -3.19. The normalized spacial score (nSPS) is 15.6. The molecule has 0 saturated carbocycles. The molecule has 3 amide bonds. The van der Waals surface area contributed by atoms with Crippen molar-refractivity contribution in [3.63, 3.8) is 0 Å². The fourth-order valence-electron chi connectivity index (χ4n) is 3.29. The average molecular weight is 489 g/mol. The van der Waals surface area contributed by atoms with Gasteiger partial charge in [0.25, 0.3) is 0 Å². The van der Waals surface area contributed by atoms with Crippen molar-refractivity contribution < 1.29 is 29.4 Å². The highest BCUT2D eigenvalue weighted by molar-refractivity contribution is 5.94. The minimum atomic E-state index is -1.34. The van der Waals surface area contributed by atoms with Gasteiger partial charge >= 0.3 is 5.97 Å². The molecule has 0 radical (unpaired) electrons. The number of unbranched alkanes of at least 4 members (excludes halogenated alkanes) is 2. The molecule has 0 aromatic carbocycles. The van der Waals surface area contributed by atoms with Crippen LogP contribution in [0, 0.1) is 5.92 Å². The highest BCUT2D eigenvalue weighted by Crippen LogP contribution is 2.08. The van der Waals surface area contributed by atoms with Crippen molar-refractivity contribution in [1.82, 2.24) is 16.0 Å². The second-order valence-electron chi connectivity index (χ2n) is 8.99. The van der Waals surface area contributed by atoms with Gasteiger partial charge in [-0.15, -0.1) is 0 Å². The first-order valence-corrected chi connectivity index (χ1v) is 11.9. The molecule has 0 fully saturated rings. The van der Waals surface area contributed by atoms with Crippen LogP contribution in [0.5, 0.6) is 0 Å². The molecule has 0 unspecified atom stereocenters. The molecule has 0 aliphatic carbocycles. The monoisotopic (exact) mass is 488 g/mol. The molecule has 0 heterocycles. The van der Waals surface area contributed by atoms with E-state index in [4.69, 9.17) is 17.2 Å². The van der Waals surface area contributed by atoms with Crippen LogP contribution in [0.1, 0.15) is 65.7 Å². The van der Waals surface area contributed by atoms with Gasteiger partial charge in [-0.3, -0.25) is 14.4 Å². The number of hydrogen-bond donors (Lipinski definition) is 8. The van der Waals surface area contributed by atoms with Crippen LogP contribution in [0.3, 0.4) is 0 Å². The van der Waals surface area contributed by atoms with E-state index in [1.54, 1.807) is 0 Å². The smallest absolute Gasteiger partial charge is 0.326 e. The van der Waals surface area contributed by atoms with Crippen LogP contribution in [0.15, 0.2) is 0 Å². The fourth-order valence-corrected chi connectivity index (χ4v) is 3.29. The Balaban J connectivity index is 5.36. The van der Waals surface area contributed by atoms with Crippen LogP contribution >= 0.6 is 0 Å². The van der Waals surface area contributed by atoms with Gasteiger partial charge in [-0.1, -0.05) is 20.3 Å². The fraction of sp³-hybridized carbons (Fsp3) is 0.818. The molecule has 12 nitrogen and oxygen atoms in total. The summed E-state index contributed by atoms with van der Waals surface area (Å²) in [5, 5.41) is 26.9. The van der Waals surface area contributed by atoms with Gasteiger partial charge in [-0.25, -0.2) is 4.79 Å². The van der Waals surface area contributed by atoms with E-state index in [1.165, 1.54) is 6.92 Å². The Kier molecular flexibility index (Phi) is 16.0. The number of carbonyl (C=O) groups is 4. The molecular weight excluding hydrogens is 444 g/mol. The Bertz CT molecular complexity index is 645. The molecule has 0 bridgehead atoms. The Labute approximate surface area is 201 Å². The van der Waals surface area contributed by atoms with Gasteiger partial charge in [0.2, 0.25) is 17.7 Å². The number of hydrogen-bond acceptors (Lipinski definition) is 8. The first-order chi connectivity index (χ1) is 15.9. The average Bonchev–Trinajstić information content (AvgIpc) is 2.75. The van der Waals surface area contributed by atoms with Crippen LogP contribution in [0.2, 0.25) is 0 Å². The number of aliphatic hydroxyl groups is 1. The van der Waals surface area contributed by atoms with E-state index in [2.05, 4.69) is 16.0 Å². The van der Waals surface area contributed by atoms with Crippen molar-refractivity contribution in [2.45, 2.75) is 96.0 Å². The van der Waals surface area contributed by atoms with Crippen molar-refractivity contribution in [3.8, 4) is 0 Å². The van der Waals surface area contributed by atoms with Gasteiger partial charge in [0, 0.05) is 0 Å². The highest BCUT2D eigenvalue weighted by Gasteiger charge is 2.32. The number of nitrogens with two attached hydrogens (primary N) is 3. The van der Waals surface area contributed by atoms with E-state index in [0.717, 1.165) is 0 Å². The van der Waals surface area contributed by atoms with Crippen molar-refractivity contribution >= 4 is 23.7 Å². The van der Waals surface area contributed by atoms with Crippen molar-refractivity contribution in [3.05, 3.63) is 0 Å². The van der Waals surface area contributed by atoms with Crippen LogP contribution < -0.4 is 33.2 Å². The van der Waals surface area contributed by atoms with Crippen LogP contribution in [0.25, 0.3) is 0 Å². The van der Waals surface area contributed by atoms with Gasteiger partial charge in [0.15, 0.2) is 0 Å². The molecule has 0 aromatic heterocycles. The van der Waals surface area contributed by atoms with Gasteiger partial charge in [-0.05, 0) is 64.5 Å². The Morgan fingerprint density at radius 1 is 0.765 bits per heavy atom.